The summed E-state index contributed by atoms with van der Waals surface area (Å²) in [5.74, 6) is 1.09. The Kier molecular flexibility index (Phi) is 6.35. The number of benzene rings is 3. The lowest BCUT2D eigenvalue weighted by molar-refractivity contribution is -0.384. The summed E-state index contributed by atoms with van der Waals surface area (Å²) in [7, 11) is 0. The van der Waals surface area contributed by atoms with Crippen molar-refractivity contribution in [2.75, 3.05) is 0 Å². The number of fused-ring (bicyclic) bond motifs is 1. The molecule has 0 fully saturated rings. The number of ether oxygens (including phenoxy) is 1. The van der Waals surface area contributed by atoms with Gasteiger partial charge in [0.15, 0.2) is 0 Å². The molecule has 32 heavy (non-hydrogen) atoms. The van der Waals surface area contributed by atoms with Crippen LogP contribution in [0, 0.1) is 21.4 Å². The molecule has 0 unspecified atom stereocenters. The smallest absolute Gasteiger partial charge is 0.269 e. The van der Waals surface area contributed by atoms with E-state index in [-0.39, 0.29) is 12.3 Å². The average Bonchev–Trinajstić information content (AvgIpc) is 3.21. The summed E-state index contributed by atoms with van der Waals surface area (Å²) < 4.78 is 7.29. The Balaban J connectivity index is 1.56. The Hall–Kier alpha value is -3.48. The zero-order chi connectivity index (χ0) is 22.7. The maximum absolute atomic E-state index is 10.8. The number of hydrogen-bond acceptors (Lipinski definition) is 5. The van der Waals surface area contributed by atoms with Crippen molar-refractivity contribution >= 4 is 60.2 Å². The molecule has 158 valence electrons. The van der Waals surface area contributed by atoms with Crippen molar-refractivity contribution in [2.24, 2.45) is 0 Å². The van der Waals surface area contributed by atoms with E-state index >= 15 is 0 Å². The molecular weight excluding hydrogens is 540 g/mol. The van der Waals surface area contributed by atoms with E-state index in [1.54, 1.807) is 18.2 Å². The summed E-state index contributed by atoms with van der Waals surface area (Å²) in [4.78, 5) is 18.0. The third-order valence-corrected chi connectivity index (χ3v) is 5.80. The fourth-order valence-corrected chi connectivity index (χ4v) is 4.52. The fraction of sp³-hybridized carbons (Fsp3) is 0.0435. The molecule has 4 rings (SSSR count). The molecule has 0 aliphatic rings. The summed E-state index contributed by atoms with van der Waals surface area (Å²) in [6.07, 6.45) is 1.74. The number of non-ortho nitro benzene ring substituents is 1. The largest absolute Gasteiger partial charge is 0.487 e. The van der Waals surface area contributed by atoms with Gasteiger partial charge in [-0.25, -0.2) is 4.98 Å². The average molecular weight is 554 g/mol. The molecule has 0 amide bonds. The van der Waals surface area contributed by atoms with Gasteiger partial charge in [-0.3, -0.25) is 10.1 Å². The monoisotopic (exact) mass is 552 g/mol. The Bertz CT molecular complexity index is 1330. The molecule has 0 spiro atoms. The number of allylic oxidation sites excluding steroid dienone is 1. The summed E-state index contributed by atoms with van der Waals surface area (Å²) in [6, 6.07) is 19.7. The van der Waals surface area contributed by atoms with E-state index in [1.807, 2.05) is 36.4 Å². The minimum absolute atomic E-state index is 0.0324. The molecule has 0 atom stereocenters. The van der Waals surface area contributed by atoms with Crippen LogP contribution in [-0.4, -0.2) is 14.9 Å². The van der Waals surface area contributed by atoms with Crippen LogP contribution in [-0.2, 0) is 6.61 Å². The number of H-pyrrole nitrogens is 1. The van der Waals surface area contributed by atoms with Gasteiger partial charge in [0.05, 0.1) is 30.5 Å². The second-order valence-electron chi connectivity index (χ2n) is 6.80. The van der Waals surface area contributed by atoms with Crippen LogP contribution in [0.3, 0.4) is 0 Å². The van der Waals surface area contributed by atoms with Crippen LogP contribution in [0.5, 0.6) is 5.75 Å². The van der Waals surface area contributed by atoms with Gasteiger partial charge in [0, 0.05) is 12.1 Å². The lowest BCUT2D eigenvalue weighted by Crippen LogP contribution is -1.98. The van der Waals surface area contributed by atoms with E-state index in [4.69, 9.17) is 4.74 Å². The fourth-order valence-electron chi connectivity index (χ4n) is 3.07. The van der Waals surface area contributed by atoms with Gasteiger partial charge in [-0.1, -0.05) is 12.1 Å². The van der Waals surface area contributed by atoms with Crippen molar-refractivity contribution in [1.82, 2.24) is 9.97 Å². The van der Waals surface area contributed by atoms with Crippen molar-refractivity contribution in [3.05, 3.63) is 96.7 Å². The van der Waals surface area contributed by atoms with Gasteiger partial charge in [-0.15, -0.1) is 0 Å². The third kappa shape index (κ3) is 4.72. The Morgan fingerprint density at radius 2 is 1.84 bits per heavy atom. The number of imidazole rings is 1. The maximum Gasteiger partial charge on any atom is 0.269 e. The van der Waals surface area contributed by atoms with Gasteiger partial charge in [-0.05, 0) is 85.5 Å². The second kappa shape index (κ2) is 9.34. The number of nitrogens with one attached hydrogen (secondary N) is 1. The van der Waals surface area contributed by atoms with Crippen LogP contribution in [0.1, 0.15) is 17.0 Å². The van der Waals surface area contributed by atoms with Crippen molar-refractivity contribution in [3.8, 4) is 11.8 Å². The molecule has 4 aromatic rings. The number of aromatic amines is 1. The highest BCUT2D eigenvalue weighted by molar-refractivity contribution is 9.11. The first kappa shape index (κ1) is 21.7. The maximum atomic E-state index is 10.8. The highest BCUT2D eigenvalue weighted by Gasteiger charge is 2.12. The number of hydrogen-bond donors (Lipinski definition) is 1. The number of nitriles is 1. The molecule has 1 N–H and O–H groups in total. The molecule has 0 bridgehead atoms. The van der Waals surface area contributed by atoms with Crippen LogP contribution in [0.15, 0.2) is 69.6 Å². The molecule has 3 aromatic carbocycles. The van der Waals surface area contributed by atoms with E-state index < -0.39 is 4.92 Å². The van der Waals surface area contributed by atoms with Gasteiger partial charge in [0.2, 0.25) is 0 Å². The molecule has 7 nitrogen and oxygen atoms in total. The first-order chi connectivity index (χ1) is 15.4. The first-order valence-electron chi connectivity index (χ1n) is 9.36. The SMILES string of the molecule is N#C/C(=C/c1cc(Br)c(OCc2ccc([N+](=O)[O-])cc2)c(Br)c1)c1nc2ccccc2[nH]1. The topological polar surface area (TPSA) is 105 Å². The van der Waals surface area contributed by atoms with Crippen LogP contribution < -0.4 is 4.74 Å². The highest BCUT2D eigenvalue weighted by Crippen LogP contribution is 2.36. The van der Waals surface area contributed by atoms with E-state index in [1.165, 1.54) is 12.1 Å². The van der Waals surface area contributed by atoms with Crippen molar-refractivity contribution in [3.63, 3.8) is 0 Å². The van der Waals surface area contributed by atoms with Gasteiger partial charge in [0.1, 0.15) is 24.3 Å². The number of rotatable bonds is 6. The van der Waals surface area contributed by atoms with E-state index in [0.717, 1.165) is 22.2 Å². The Morgan fingerprint density at radius 1 is 1.16 bits per heavy atom. The zero-order valence-electron chi connectivity index (χ0n) is 16.4. The Morgan fingerprint density at radius 3 is 2.47 bits per heavy atom. The normalized spacial score (nSPS) is 11.3. The Labute approximate surface area is 199 Å². The summed E-state index contributed by atoms with van der Waals surface area (Å²) >= 11 is 7.04. The van der Waals surface area contributed by atoms with Gasteiger partial charge in [-0.2, -0.15) is 5.26 Å². The lowest BCUT2D eigenvalue weighted by atomic mass is 10.1. The number of aromatic nitrogens is 2. The number of halogens is 2. The predicted molar refractivity (Wildman–Crippen MR) is 129 cm³/mol. The van der Waals surface area contributed by atoms with E-state index in [2.05, 4.69) is 47.9 Å². The minimum Gasteiger partial charge on any atom is -0.487 e. The molecule has 0 aliphatic carbocycles. The van der Waals surface area contributed by atoms with E-state index in [0.29, 0.717) is 26.1 Å². The number of nitro benzene ring substituents is 1. The quantitative estimate of drug-likeness (QED) is 0.164. The molecule has 0 saturated carbocycles. The van der Waals surface area contributed by atoms with Crippen LogP contribution in [0.25, 0.3) is 22.7 Å². The predicted octanol–water partition coefficient (Wildman–Crippen LogP) is 6.64. The molecule has 0 aliphatic heterocycles. The van der Waals surface area contributed by atoms with Gasteiger partial charge >= 0.3 is 0 Å². The lowest BCUT2D eigenvalue weighted by Gasteiger charge is -2.11. The zero-order valence-corrected chi connectivity index (χ0v) is 19.6. The van der Waals surface area contributed by atoms with Crippen LogP contribution >= 0.6 is 31.9 Å². The van der Waals surface area contributed by atoms with Crippen molar-refractivity contribution in [1.29, 1.82) is 5.26 Å². The number of para-hydroxylation sites is 2. The van der Waals surface area contributed by atoms with Crippen molar-refractivity contribution in [2.45, 2.75) is 6.61 Å². The number of nitro groups is 1. The third-order valence-electron chi connectivity index (χ3n) is 4.63. The first-order valence-corrected chi connectivity index (χ1v) is 11.0. The standard InChI is InChI=1S/C23H14Br2N4O3/c24-18-10-15(9-16(12-26)23-27-20-3-1-2-4-21(20)28-23)11-19(25)22(18)32-13-14-5-7-17(8-6-14)29(30)31/h1-11H,13H2,(H,27,28)/b16-9-. The molecule has 0 saturated heterocycles. The summed E-state index contributed by atoms with van der Waals surface area (Å²) in [5.41, 5.74) is 3.67. The van der Waals surface area contributed by atoms with Crippen LogP contribution in [0.4, 0.5) is 5.69 Å². The van der Waals surface area contributed by atoms with Gasteiger partial charge in [0.25, 0.3) is 5.69 Å². The van der Waals surface area contributed by atoms with Gasteiger partial charge < -0.3 is 9.72 Å². The summed E-state index contributed by atoms with van der Waals surface area (Å²) in [5, 5.41) is 20.4. The van der Waals surface area contributed by atoms with Crippen molar-refractivity contribution < 1.29 is 9.66 Å². The highest BCUT2D eigenvalue weighted by atomic mass is 79.9. The second-order valence-corrected chi connectivity index (χ2v) is 8.51. The molecule has 9 heteroatoms. The minimum atomic E-state index is -0.440. The molecule has 1 aromatic heterocycles. The molecule has 0 radical (unpaired) electrons. The molecular formula is C23H14Br2N4O3. The van der Waals surface area contributed by atoms with E-state index in [9.17, 15) is 15.4 Å². The number of nitrogens with zero attached hydrogens (tertiary/aromatic N) is 3. The molecule has 1 heterocycles. The van der Waals surface area contributed by atoms with Crippen LogP contribution in [0.2, 0.25) is 0 Å². The summed E-state index contributed by atoms with van der Waals surface area (Å²) in [6.45, 7) is 0.243.